The van der Waals surface area contributed by atoms with Gasteiger partial charge in [-0.15, -0.1) is 0 Å². The van der Waals surface area contributed by atoms with Crippen molar-refractivity contribution in [3.8, 4) is 23.0 Å². The summed E-state index contributed by atoms with van der Waals surface area (Å²) in [6.45, 7) is 2.05. The van der Waals surface area contributed by atoms with Gasteiger partial charge in [0.15, 0.2) is 5.82 Å². The van der Waals surface area contributed by atoms with Gasteiger partial charge in [0.25, 0.3) is 0 Å². The molecule has 5 nitrogen and oxygen atoms in total. The lowest BCUT2D eigenvalue weighted by atomic mass is 10.2. The highest BCUT2D eigenvalue weighted by Gasteiger charge is 2.15. The van der Waals surface area contributed by atoms with Gasteiger partial charge in [-0.25, -0.2) is 4.98 Å². The summed E-state index contributed by atoms with van der Waals surface area (Å²) in [4.78, 5) is 9.37. The minimum absolute atomic E-state index is 0.517. The van der Waals surface area contributed by atoms with Crippen LogP contribution in [0.3, 0.4) is 0 Å². The summed E-state index contributed by atoms with van der Waals surface area (Å²) in [6, 6.07) is 15.3. The lowest BCUT2D eigenvalue weighted by Gasteiger charge is -2.12. The van der Waals surface area contributed by atoms with Crippen LogP contribution < -0.4 is 10.1 Å². The van der Waals surface area contributed by atoms with Crippen LogP contribution in [0.25, 0.3) is 22.4 Å². The van der Waals surface area contributed by atoms with E-state index in [1.54, 1.807) is 0 Å². The highest BCUT2D eigenvalue weighted by atomic mass is 35.5. The van der Waals surface area contributed by atoms with Crippen molar-refractivity contribution < 1.29 is 4.74 Å². The van der Waals surface area contributed by atoms with Crippen LogP contribution >= 0.6 is 11.6 Å². The van der Waals surface area contributed by atoms with E-state index in [-0.39, 0.29) is 0 Å². The Bertz CT molecular complexity index is 1120. The number of ether oxygens (including phenoxy) is 1. The molecule has 2 heterocycles. The standard InChI is InChI=1S/C21H19ClN4O/c1-13-4-9-16(12-18(13)23-2)27-21-19-17(10-11-26(19)3)24-20(25-21)14-5-7-15(22)8-6-14/h4-12,23H,1-3H3. The molecular formula is C21H19ClN4O. The van der Waals surface area contributed by atoms with E-state index in [1.165, 1.54) is 0 Å². The van der Waals surface area contributed by atoms with Crippen molar-refractivity contribution in [2.24, 2.45) is 7.05 Å². The molecule has 0 saturated heterocycles. The van der Waals surface area contributed by atoms with Gasteiger partial charge in [-0.2, -0.15) is 4.98 Å². The van der Waals surface area contributed by atoms with E-state index in [0.717, 1.165) is 27.8 Å². The Balaban J connectivity index is 1.83. The van der Waals surface area contributed by atoms with Gasteiger partial charge in [-0.1, -0.05) is 17.7 Å². The highest BCUT2D eigenvalue weighted by Crippen LogP contribution is 2.32. The molecule has 0 amide bonds. The first-order chi connectivity index (χ1) is 13.0. The molecule has 0 aliphatic heterocycles. The number of halogens is 1. The Hall–Kier alpha value is -3.05. The Morgan fingerprint density at radius 1 is 1.04 bits per heavy atom. The summed E-state index contributed by atoms with van der Waals surface area (Å²) in [6.07, 6.45) is 1.95. The number of hydrogen-bond donors (Lipinski definition) is 1. The van der Waals surface area contributed by atoms with Crippen molar-refractivity contribution in [1.29, 1.82) is 0 Å². The van der Waals surface area contributed by atoms with Gasteiger partial charge in [-0.3, -0.25) is 0 Å². The fraction of sp³-hybridized carbons (Fsp3) is 0.143. The molecule has 0 saturated carbocycles. The summed E-state index contributed by atoms with van der Waals surface area (Å²) in [5.41, 5.74) is 4.73. The SMILES string of the molecule is CNc1cc(Oc2nc(-c3ccc(Cl)cc3)nc3ccn(C)c23)ccc1C. The maximum atomic E-state index is 6.18. The van der Waals surface area contributed by atoms with Crippen LogP contribution in [-0.4, -0.2) is 21.6 Å². The maximum absolute atomic E-state index is 6.18. The first-order valence-electron chi connectivity index (χ1n) is 8.60. The normalized spacial score (nSPS) is 11.0. The zero-order chi connectivity index (χ0) is 19.0. The van der Waals surface area contributed by atoms with Gasteiger partial charge in [0.05, 0.1) is 5.52 Å². The van der Waals surface area contributed by atoms with Crippen molar-refractivity contribution >= 4 is 28.3 Å². The van der Waals surface area contributed by atoms with E-state index in [2.05, 4.69) is 15.3 Å². The topological polar surface area (TPSA) is 52.0 Å². The van der Waals surface area contributed by atoms with Crippen molar-refractivity contribution in [2.45, 2.75) is 6.92 Å². The molecule has 0 aliphatic carbocycles. The minimum atomic E-state index is 0.517. The largest absolute Gasteiger partial charge is 0.437 e. The lowest BCUT2D eigenvalue weighted by Crippen LogP contribution is -1.99. The Morgan fingerprint density at radius 3 is 2.56 bits per heavy atom. The third kappa shape index (κ3) is 3.34. The molecule has 0 bridgehead atoms. The average molecular weight is 379 g/mol. The smallest absolute Gasteiger partial charge is 0.247 e. The van der Waals surface area contributed by atoms with E-state index in [4.69, 9.17) is 16.3 Å². The zero-order valence-corrected chi connectivity index (χ0v) is 16.1. The maximum Gasteiger partial charge on any atom is 0.247 e. The predicted octanol–water partition coefficient (Wildman–Crippen LogP) is 5.43. The molecular weight excluding hydrogens is 360 g/mol. The fourth-order valence-electron chi connectivity index (χ4n) is 3.00. The molecule has 6 heteroatoms. The molecule has 0 fully saturated rings. The minimum Gasteiger partial charge on any atom is -0.437 e. The number of aryl methyl sites for hydroxylation is 2. The molecule has 4 rings (SSSR count). The van der Waals surface area contributed by atoms with Gasteiger partial charge in [0, 0.05) is 42.6 Å². The summed E-state index contributed by atoms with van der Waals surface area (Å²) >= 11 is 6.00. The fourth-order valence-corrected chi connectivity index (χ4v) is 3.13. The molecule has 0 atom stereocenters. The molecule has 2 aromatic carbocycles. The number of aromatic nitrogens is 3. The van der Waals surface area contributed by atoms with E-state index < -0.39 is 0 Å². The summed E-state index contributed by atoms with van der Waals surface area (Å²) in [5.74, 6) is 1.83. The van der Waals surface area contributed by atoms with Crippen LogP contribution in [0.15, 0.2) is 54.7 Å². The molecule has 0 unspecified atom stereocenters. The van der Waals surface area contributed by atoms with Gasteiger partial charge in [-0.05, 0) is 48.9 Å². The molecule has 0 aliphatic rings. The van der Waals surface area contributed by atoms with Crippen molar-refractivity contribution in [1.82, 2.24) is 14.5 Å². The second-order valence-electron chi connectivity index (χ2n) is 6.35. The van der Waals surface area contributed by atoms with Gasteiger partial charge in [0.2, 0.25) is 5.88 Å². The zero-order valence-electron chi connectivity index (χ0n) is 15.3. The molecule has 27 heavy (non-hydrogen) atoms. The highest BCUT2D eigenvalue weighted by molar-refractivity contribution is 6.30. The van der Waals surface area contributed by atoms with E-state index in [0.29, 0.717) is 22.5 Å². The first-order valence-corrected chi connectivity index (χ1v) is 8.98. The number of benzene rings is 2. The van der Waals surface area contributed by atoms with Crippen LogP contribution in [0.1, 0.15) is 5.56 Å². The number of nitrogens with one attached hydrogen (secondary N) is 1. The first kappa shape index (κ1) is 17.4. The van der Waals surface area contributed by atoms with Gasteiger partial charge < -0.3 is 14.6 Å². The van der Waals surface area contributed by atoms with Crippen molar-refractivity contribution in [2.75, 3.05) is 12.4 Å². The van der Waals surface area contributed by atoms with Crippen molar-refractivity contribution in [3.05, 3.63) is 65.3 Å². The van der Waals surface area contributed by atoms with Crippen LogP contribution in [0.4, 0.5) is 5.69 Å². The second-order valence-corrected chi connectivity index (χ2v) is 6.78. The number of nitrogens with zero attached hydrogens (tertiary/aromatic N) is 3. The molecule has 2 aromatic heterocycles. The molecule has 1 N–H and O–H groups in total. The quantitative estimate of drug-likeness (QED) is 0.514. The third-order valence-corrected chi connectivity index (χ3v) is 4.74. The van der Waals surface area contributed by atoms with Crippen LogP contribution in [0.5, 0.6) is 11.6 Å². The third-order valence-electron chi connectivity index (χ3n) is 4.48. The summed E-state index contributed by atoms with van der Waals surface area (Å²) in [7, 11) is 3.85. The molecule has 4 aromatic rings. The Kier molecular flexibility index (Phi) is 4.46. The average Bonchev–Trinajstić information content (AvgIpc) is 3.05. The van der Waals surface area contributed by atoms with Crippen LogP contribution in [0.2, 0.25) is 5.02 Å². The lowest BCUT2D eigenvalue weighted by molar-refractivity contribution is 0.466. The molecule has 0 radical (unpaired) electrons. The van der Waals surface area contributed by atoms with E-state index in [9.17, 15) is 0 Å². The molecule has 136 valence electrons. The number of hydrogen-bond acceptors (Lipinski definition) is 4. The second kappa shape index (κ2) is 6.93. The van der Waals surface area contributed by atoms with Crippen LogP contribution in [-0.2, 0) is 7.05 Å². The van der Waals surface area contributed by atoms with Gasteiger partial charge in [0.1, 0.15) is 11.3 Å². The number of fused-ring (bicyclic) bond motifs is 1. The Morgan fingerprint density at radius 2 is 1.81 bits per heavy atom. The summed E-state index contributed by atoms with van der Waals surface area (Å²) in [5, 5.41) is 3.85. The van der Waals surface area contributed by atoms with E-state index in [1.807, 2.05) is 80.3 Å². The van der Waals surface area contributed by atoms with Crippen LogP contribution in [0, 0.1) is 6.92 Å². The monoisotopic (exact) mass is 378 g/mol. The number of rotatable bonds is 4. The number of anilines is 1. The summed E-state index contributed by atoms with van der Waals surface area (Å²) < 4.78 is 8.14. The predicted molar refractivity (Wildman–Crippen MR) is 110 cm³/mol. The van der Waals surface area contributed by atoms with Gasteiger partial charge >= 0.3 is 0 Å². The van der Waals surface area contributed by atoms with E-state index >= 15 is 0 Å². The van der Waals surface area contributed by atoms with Crippen molar-refractivity contribution in [3.63, 3.8) is 0 Å². The Labute approximate surface area is 162 Å². The molecule has 0 spiro atoms.